The Morgan fingerprint density at radius 1 is 1.48 bits per heavy atom. The van der Waals surface area contributed by atoms with Crippen molar-refractivity contribution in [2.75, 3.05) is 31.5 Å². The van der Waals surface area contributed by atoms with Crippen LogP contribution in [0.1, 0.15) is 13.3 Å². The Morgan fingerprint density at radius 3 is 2.95 bits per heavy atom. The molecular formula is C12H17BrN4O3S. The fourth-order valence-electron chi connectivity index (χ4n) is 2.04. The van der Waals surface area contributed by atoms with Gasteiger partial charge in [0, 0.05) is 43.3 Å². The number of nitrogens with one attached hydrogen (secondary N) is 2. The average molecular weight is 377 g/mol. The largest absolute Gasteiger partial charge is 0.369 e. The Labute approximate surface area is 132 Å². The van der Waals surface area contributed by atoms with Crippen LogP contribution in [0.3, 0.4) is 0 Å². The zero-order valence-corrected chi connectivity index (χ0v) is 14.0. The Bertz CT molecular complexity index is 635. The number of anilines is 1. The number of pyridine rings is 1. The van der Waals surface area contributed by atoms with Crippen molar-refractivity contribution in [3.8, 4) is 0 Å². The van der Waals surface area contributed by atoms with E-state index < -0.39 is 10.0 Å². The fourth-order valence-corrected chi connectivity index (χ4v) is 4.11. The summed E-state index contributed by atoms with van der Waals surface area (Å²) in [6.07, 6.45) is 1.71. The Hall–Kier alpha value is -1.19. The predicted molar refractivity (Wildman–Crippen MR) is 82.5 cm³/mol. The molecule has 1 saturated heterocycles. The SMILES string of the molecule is CCNc1ncc(Br)cc1S(=O)(=O)N1CCNC(=O)CC1. The van der Waals surface area contributed by atoms with Crippen LogP contribution in [0, 0.1) is 0 Å². The standard InChI is InChI=1S/C12H17BrN4O3S/c1-2-14-12-10(7-9(13)8-16-12)21(19,20)17-5-3-11(18)15-4-6-17/h7-8H,2-6H2,1H3,(H,14,16)(H,15,18). The quantitative estimate of drug-likeness (QED) is 0.810. The predicted octanol–water partition coefficient (Wildman–Crippen LogP) is 0.786. The van der Waals surface area contributed by atoms with Gasteiger partial charge in [0.2, 0.25) is 15.9 Å². The highest BCUT2D eigenvalue weighted by Crippen LogP contribution is 2.26. The highest BCUT2D eigenvalue weighted by molar-refractivity contribution is 9.10. The van der Waals surface area contributed by atoms with Gasteiger partial charge in [-0.2, -0.15) is 4.31 Å². The molecule has 116 valence electrons. The Morgan fingerprint density at radius 2 is 2.24 bits per heavy atom. The lowest BCUT2D eigenvalue weighted by atomic mass is 10.4. The zero-order valence-electron chi connectivity index (χ0n) is 11.6. The summed E-state index contributed by atoms with van der Waals surface area (Å²) in [5, 5.41) is 5.62. The van der Waals surface area contributed by atoms with E-state index in [0.29, 0.717) is 23.4 Å². The van der Waals surface area contributed by atoms with Crippen molar-refractivity contribution in [3.63, 3.8) is 0 Å². The van der Waals surface area contributed by atoms with Crippen molar-refractivity contribution in [2.24, 2.45) is 0 Å². The second-order valence-electron chi connectivity index (χ2n) is 4.53. The summed E-state index contributed by atoms with van der Waals surface area (Å²) in [6.45, 7) is 3.18. The van der Waals surface area contributed by atoms with E-state index in [4.69, 9.17) is 0 Å². The minimum Gasteiger partial charge on any atom is -0.369 e. The van der Waals surface area contributed by atoms with E-state index in [1.165, 1.54) is 10.4 Å². The molecule has 0 radical (unpaired) electrons. The van der Waals surface area contributed by atoms with Gasteiger partial charge in [0.15, 0.2) is 0 Å². The van der Waals surface area contributed by atoms with Crippen LogP contribution >= 0.6 is 15.9 Å². The Balaban J connectivity index is 2.38. The summed E-state index contributed by atoms with van der Waals surface area (Å²) in [6, 6.07) is 1.53. The van der Waals surface area contributed by atoms with Crippen molar-refractivity contribution < 1.29 is 13.2 Å². The third kappa shape index (κ3) is 3.72. The first-order valence-electron chi connectivity index (χ1n) is 6.61. The first-order chi connectivity index (χ1) is 9.95. The second-order valence-corrected chi connectivity index (χ2v) is 7.36. The van der Waals surface area contributed by atoms with Crippen molar-refractivity contribution >= 4 is 37.7 Å². The smallest absolute Gasteiger partial charge is 0.246 e. The monoisotopic (exact) mass is 376 g/mol. The molecule has 9 heteroatoms. The maximum Gasteiger partial charge on any atom is 0.246 e. The van der Waals surface area contributed by atoms with Gasteiger partial charge in [0.1, 0.15) is 10.7 Å². The lowest BCUT2D eigenvalue weighted by molar-refractivity contribution is -0.120. The molecule has 1 amide bonds. The summed E-state index contributed by atoms with van der Waals surface area (Å²) >= 11 is 3.25. The minimum absolute atomic E-state index is 0.119. The number of aromatic nitrogens is 1. The topological polar surface area (TPSA) is 91.4 Å². The van der Waals surface area contributed by atoms with Gasteiger partial charge in [-0.3, -0.25) is 4.79 Å². The summed E-state index contributed by atoms with van der Waals surface area (Å²) in [5.41, 5.74) is 0. The molecule has 21 heavy (non-hydrogen) atoms. The number of carbonyl (C=O) groups excluding carboxylic acids is 1. The number of sulfonamides is 1. The van der Waals surface area contributed by atoms with Crippen LogP contribution in [0.2, 0.25) is 0 Å². The van der Waals surface area contributed by atoms with Gasteiger partial charge in [-0.25, -0.2) is 13.4 Å². The maximum absolute atomic E-state index is 12.8. The first-order valence-corrected chi connectivity index (χ1v) is 8.84. The molecule has 0 spiro atoms. The molecule has 2 N–H and O–H groups in total. The number of nitrogens with zero attached hydrogens (tertiary/aromatic N) is 2. The number of hydrogen-bond acceptors (Lipinski definition) is 5. The van der Waals surface area contributed by atoms with E-state index in [-0.39, 0.29) is 30.3 Å². The van der Waals surface area contributed by atoms with Crippen LogP contribution in [0.4, 0.5) is 5.82 Å². The molecule has 0 bridgehead atoms. The highest BCUT2D eigenvalue weighted by atomic mass is 79.9. The maximum atomic E-state index is 12.8. The Kier molecular flexibility index (Phi) is 5.17. The molecular weight excluding hydrogens is 360 g/mol. The molecule has 1 aromatic heterocycles. The van der Waals surface area contributed by atoms with Gasteiger partial charge >= 0.3 is 0 Å². The van der Waals surface area contributed by atoms with Gasteiger partial charge in [-0.05, 0) is 28.9 Å². The van der Waals surface area contributed by atoms with E-state index in [1.54, 1.807) is 6.20 Å². The lowest BCUT2D eigenvalue weighted by Crippen LogP contribution is -2.34. The molecule has 0 aliphatic carbocycles. The van der Waals surface area contributed by atoms with E-state index in [1.807, 2.05) is 6.92 Å². The summed E-state index contributed by atoms with van der Waals surface area (Å²) in [7, 11) is -3.70. The number of hydrogen-bond donors (Lipinski definition) is 2. The minimum atomic E-state index is -3.70. The van der Waals surface area contributed by atoms with E-state index in [0.717, 1.165) is 0 Å². The van der Waals surface area contributed by atoms with Gasteiger partial charge < -0.3 is 10.6 Å². The number of carbonyl (C=O) groups is 1. The molecule has 2 heterocycles. The van der Waals surface area contributed by atoms with Crippen molar-refractivity contribution in [1.82, 2.24) is 14.6 Å². The fraction of sp³-hybridized carbons (Fsp3) is 0.500. The van der Waals surface area contributed by atoms with E-state index in [9.17, 15) is 13.2 Å². The van der Waals surface area contributed by atoms with Crippen LogP contribution in [0.15, 0.2) is 21.6 Å². The molecule has 1 aliphatic heterocycles. The van der Waals surface area contributed by atoms with Crippen molar-refractivity contribution in [3.05, 3.63) is 16.7 Å². The molecule has 0 unspecified atom stereocenters. The molecule has 0 atom stereocenters. The normalized spacial score (nSPS) is 17.1. The molecule has 1 fully saturated rings. The van der Waals surface area contributed by atoms with E-state index in [2.05, 4.69) is 31.5 Å². The van der Waals surface area contributed by atoms with Gasteiger partial charge in [0.05, 0.1) is 0 Å². The van der Waals surface area contributed by atoms with Gasteiger partial charge in [-0.1, -0.05) is 0 Å². The van der Waals surface area contributed by atoms with Crippen LogP contribution < -0.4 is 10.6 Å². The first kappa shape index (κ1) is 16.2. The molecule has 1 aromatic rings. The third-order valence-corrected chi connectivity index (χ3v) is 5.40. The van der Waals surface area contributed by atoms with Crippen molar-refractivity contribution in [2.45, 2.75) is 18.2 Å². The summed E-state index contributed by atoms with van der Waals surface area (Å²) in [5.74, 6) is 0.191. The number of rotatable bonds is 4. The third-order valence-electron chi connectivity index (χ3n) is 3.05. The molecule has 1 aliphatic rings. The van der Waals surface area contributed by atoms with Crippen LogP contribution in [0.5, 0.6) is 0 Å². The van der Waals surface area contributed by atoms with Gasteiger partial charge in [0.25, 0.3) is 0 Å². The number of halogens is 1. The van der Waals surface area contributed by atoms with Gasteiger partial charge in [-0.15, -0.1) is 0 Å². The molecule has 2 rings (SSSR count). The molecule has 0 saturated carbocycles. The van der Waals surface area contributed by atoms with Crippen molar-refractivity contribution in [1.29, 1.82) is 0 Å². The average Bonchev–Trinajstić information content (AvgIpc) is 2.66. The summed E-state index contributed by atoms with van der Waals surface area (Å²) < 4.78 is 27.5. The second kappa shape index (κ2) is 6.71. The van der Waals surface area contributed by atoms with Crippen LogP contribution in [-0.2, 0) is 14.8 Å². The van der Waals surface area contributed by atoms with Crippen LogP contribution in [-0.4, -0.2) is 49.8 Å². The number of amides is 1. The molecule has 7 nitrogen and oxygen atoms in total. The van der Waals surface area contributed by atoms with Crippen LogP contribution in [0.25, 0.3) is 0 Å². The molecule has 0 aromatic carbocycles. The van der Waals surface area contributed by atoms with E-state index >= 15 is 0 Å². The lowest BCUT2D eigenvalue weighted by Gasteiger charge is -2.21. The zero-order chi connectivity index (χ0) is 15.5. The highest BCUT2D eigenvalue weighted by Gasteiger charge is 2.29. The summed E-state index contributed by atoms with van der Waals surface area (Å²) in [4.78, 5) is 15.6.